The topological polar surface area (TPSA) is 81.9 Å². The van der Waals surface area contributed by atoms with Crippen molar-refractivity contribution in [1.82, 2.24) is 5.06 Å². The molecule has 0 atom stereocenters. The molecule has 0 amide bonds. The maximum Gasteiger partial charge on any atom is 0.330 e. The maximum atomic E-state index is 11.7. The van der Waals surface area contributed by atoms with Gasteiger partial charge in [-0.05, 0) is 39.8 Å². The summed E-state index contributed by atoms with van der Waals surface area (Å²) in [6, 6.07) is 4.65. The number of ether oxygens (including phenoxy) is 1. The van der Waals surface area contributed by atoms with Crippen LogP contribution in [0.4, 0.5) is 5.69 Å². The average Bonchev–Trinajstić information content (AvgIpc) is 2.34. The van der Waals surface area contributed by atoms with E-state index in [0.29, 0.717) is 24.4 Å². The second-order valence-corrected chi connectivity index (χ2v) is 6.42. The van der Waals surface area contributed by atoms with Crippen LogP contribution in [0.15, 0.2) is 18.2 Å². The molecule has 7 heteroatoms. The van der Waals surface area contributed by atoms with Crippen LogP contribution in [0.25, 0.3) is 0 Å². The Labute approximate surface area is 128 Å². The quantitative estimate of drug-likeness (QED) is 0.628. The van der Waals surface area contributed by atoms with E-state index in [4.69, 9.17) is 9.57 Å². The van der Waals surface area contributed by atoms with Crippen molar-refractivity contribution in [3.63, 3.8) is 0 Å². The zero-order valence-corrected chi connectivity index (χ0v) is 13.2. The number of nitrogens with zero attached hydrogens (tertiary/aromatic N) is 2. The average molecular weight is 308 g/mol. The Hall–Kier alpha value is -2.15. The fourth-order valence-corrected chi connectivity index (χ4v) is 1.90. The molecular weight excluding hydrogens is 288 g/mol. The standard InChI is InChI=1S/C15H20N2O5/c1-10-7-11(5-6-13(10)17(19)20)21-12-8-16(9-12)22-14(18)15(2,3)4/h5-7,12H,8-9H2,1-4H3. The third kappa shape index (κ3) is 3.73. The SMILES string of the molecule is Cc1cc(OC2CN(OC(=O)C(C)(C)C)C2)ccc1[N+](=O)[O-]. The van der Waals surface area contributed by atoms with Crippen molar-refractivity contribution in [2.45, 2.75) is 33.8 Å². The largest absolute Gasteiger partial charge is 0.487 e. The van der Waals surface area contributed by atoms with Crippen molar-refractivity contribution in [3.8, 4) is 5.75 Å². The number of hydroxylamine groups is 2. The van der Waals surface area contributed by atoms with Gasteiger partial charge < -0.3 is 9.57 Å². The lowest BCUT2D eigenvalue weighted by molar-refractivity contribution is -0.385. The molecule has 1 aliphatic heterocycles. The number of nitro groups is 1. The van der Waals surface area contributed by atoms with Gasteiger partial charge in [0.05, 0.1) is 23.4 Å². The first-order valence-electron chi connectivity index (χ1n) is 7.06. The Balaban J connectivity index is 1.84. The number of nitro benzene ring substituents is 1. The number of hydrogen-bond acceptors (Lipinski definition) is 6. The fourth-order valence-electron chi connectivity index (χ4n) is 1.90. The molecule has 1 aromatic carbocycles. The number of carbonyl (C=O) groups excluding carboxylic acids is 1. The van der Waals surface area contributed by atoms with Gasteiger partial charge in [-0.15, -0.1) is 5.06 Å². The summed E-state index contributed by atoms with van der Waals surface area (Å²) in [4.78, 5) is 27.3. The molecule has 120 valence electrons. The molecule has 7 nitrogen and oxygen atoms in total. The molecule has 0 N–H and O–H groups in total. The van der Waals surface area contributed by atoms with Gasteiger partial charge in [-0.25, -0.2) is 4.79 Å². The molecule has 0 saturated carbocycles. The first-order valence-corrected chi connectivity index (χ1v) is 7.06. The highest BCUT2D eigenvalue weighted by molar-refractivity contribution is 5.75. The van der Waals surface area contributed by atoms with Crippen LogP contribution in [0.3, 0.4) is 0 Å². The van der Waals surface area contributed by atoms with Crippen LogP contribution in [-0.4, -0.2) is 35.1 Å². The Bertz CT molecular complexity index is 588. The van der Waals surface area contributed by atoms with Crippen LogP contribution >= 0.6 is 0 Å². The van der Waals surface area contributed by atoms with Crippen LogP contribution in [0.5, 0.6) is 5.75 Å². The number of hydrogen-bond donors (Lipinski definition) is 0. The summed E-state index contributed by atoms with van der Waals surface area (Å²) in [7, 11) is 0. The summed E-state index contributed by atoms with van der Waals surface area (Å²) in [6.07, 6.45) is -0.0892. The monoisotopic (exact) mass is 308 g/mol. The molecule has 0 aromatic heterocycles. The summed E-state index contributed by atoms with van der Waals surface area (Å²) < 4.78 is 5.71. The van der Waals surface area contributed by atoms with E-state index in [9.17, 15) is 14.9 Å². The third-order valence-corrected chi connectivity index (χ3v) is 3.31. The van der Waals surface area contributed by atoms with Crippen LogP contribution in [-0.2, 0) is 9.63 Å². The molecule has 2 rings (SSSR count). The van der Waals surface area contributed by atoms with E-state index in [1.165, 1.54) is 6.07 Å². The molecule has 1 saturated heterocycles. The molecule has 1 fully saturated rings. The lowest BCUT2D eigenvalue weighted by Crippen LogP contribution is -2.55. The van der Waals surface area contributed by atoms with Crippen LogP contribution in [0, 0.1) is 22.5 Å². The van der Waals surface area contributed by atoms with Crippen molar-refractivity contribution in [2.24, 2.45) is 5.41 Å². The molecule has 0 aliphatic carbocycles. The highest BCUT2D eigenvalue weighted by Gasteiger charge is 2.35. The lowest BCUT2D eigenvalue weighted by Gasteiger charge is -2.38. The summed E-state index contributed by atoms with van der Waals surface area (Å²) in [5.74, 6) is 0.298. The molecule has 1 aromatic rings. The summed E-state index contributed by atoms with van der Waals surface area (Å²) in [6.45, 7) is 8.02. The maximum absolute atomic E-state index is 11.7. The minimum atomic E-state index is -0.540. The molecule has 0 radical (unpaired) electrons. The fraction of sp³-hybridized carbons (Fsp3) is 0.533. The molecular formula is C15H20N2O5. The molecule has 1 aliphatic rings. The van der Waals surface area contributed by atoms with Gasteiger partial charge in [0.2, 0.25) is 0 Å². The van der Waals surface area contributed by atoms with Crippen molar-refractivity contribution < 1.29 is 19.3 Å². The van der Waals surface area contributed by atoms with Crippen molar-refractivity contribution >= 4 is 11.7 Å². The van der Waals surface area contributed by atoms with Gasteiger partial charge in [0.1, 0.15) is 11.9 Å². The number of carbonyl (C=O) groups is 1. The summed E-state index contributed by atoms with van der Waals surface area (Å²) in [5, 5.41) is 12.3. The number of benzene rings is 1. The predicted octanol–water partition coefficient (Wildman–Crippen LogP) is 2.47. The van der Waals surface area contributed by atoms with Gasteiger partial charge in [-0.3, -0.25) is 10.1 Å². The van der Waals surface area contributed by atoms with Crippen molar-refractivity contribution in [1.29, 1.82) is 0 Å². The minimum Gasteiger partial charge on any atom is -0.487 e. The van der Waals surface area contributed by atoms with E-state index in [0.717, 1.165) is 0 Å². The predicted molar refractivity (Wildman–Crippen MR) is 79.4 cm³/mol. The van der Waals surface area contributed by atoms with E-state index in [1.54, 1.807) is 44.9 Å². The smallest absolute Gasteiger partial charge is 0.330 e. The summed E-state index contributed by atoms with van der Waals surface area (Å²) in [5.41, 5.74) is 0.0843. The van der Waals surface area contributed by atoms with E-state index in [2.05, 4.69) is 0 Å². The van der Waals surface area contributed by atoms with Crippen molar-refractivity contribution in [3.05, 3.63) is 33.9 Å². The molecule has 1 heterocycles. The lowest BCUT2D eigenvalue weighted by atomic mass is 9.98. The van der Waals surface area contributed by atoms with Gasteiger partial charge >= 0.3 is 5.97 Å². The van der Waals surface area contributed by atoms with Crippen molar-refractivity contribution in [2.75, 3.05) is 13.1 Å². The Morgan fingerprint density at radius 2 is 2.00 bits per heavy atom. The van der Waals surface area contributed by atoms with E-state index in [-0.39, 0.29) is 17.8 Å². The van der Waals surface area contributed by atoms with E-state index >= 15 is 0 Å². The molecule has 0 spiro atoms. The molecule has 0 unspecified atom stereocenters. The normalized spacial score (nSPS) is 16.0. The molecule has 22 heavy (non-hydrogen) atoms. The third-order valence-electron chi connectivity index (χ3n) is 3.31. The number of rotatable bonds is 4. The zero-order chi connectivity index (χ0) is 16.5. The van der Waals surface area contributed by atoms with Crippen LogP contribution in [0.2, 0.25) is 0 Å². The van der Waals surface area contributed by atoms with Gasteiger partial charge in [0.15, 0.2) is 0 Å². The van der Waals surface area contributed by atoms with Gasteiger partial charge in [0.25, 0.3) is 5.69 Å². The number of aryl methyl sites for hydroxylation is 1. The highest BCUT2D eigenvalue weighted by atomic mass is 16.7. The molecule has 0 bridgehead atoms. The summed E-state index contributed by atoms with van der Waals surface area (Å²) >= 11 is 0. The second kappa shape index (κ2) is 5.92. The Kier molecular flexibility index (Phi) is 4.37. The first-order chi connectivity index (χ1) is 10.2. The van der Waals surface area contributed by atoms with Crippen LogP contribution in [0.1, 0.15) is 26.3 Å². The minimum absolute atomic E-state index is 0.0710. The second-order valence-electron chi connectivity index (χ2n) is 6.42. The van der Waals surface area contributed by atoms with E-state index in [1.807, 2.05) is 0 Å². The zero-order valence-electron chi connectivity index (χ0n) is 13.2. The van der Waals surface area contributed by atoms with Gasteiger partial charge in [-0.2, -0.15) is 0 Å². The first kappa shape index (κ1) is 16.2. The highest BCUT2D eigenvalue weighted by Crippen LogP contribution is 2.26. The van der Waals surface area contributed by atoms with Gasteiger partial charge in [-0.1, -0.05) is 0 Å². The Morgan fingerprint density at radius 1 is 1.36 bits per heavy atom. The Morgan fingerprint density at radius 3 is 2.50 bits per heavy atom. The van der Waals surface area contributed by atoms with Gasteiger partial charge in [0, 0.05) is 11.6 Å². The van der Waals surface area contributed by atoms with E-state index < -0.39 is 10.3 Å². The van der Waals surface area contributed by atoms with Crippen LogP contribution < -0.4 is 4.74 Å².